The van der Waals surface area contributed by atoms with Crippen LogP contribution in [-0.4, -0.2) is 48.8 Å². The van der Waals surface area contributed by atoms with Gasteiger partial charge in [-0.05, 0) is 17.9 Å². The predicted molar refractivity (Wildman–Crippen MR) is 134 cm³/mol. The zero-order chi connectivity index (χ0) is 23.9. The normalized spacial score (nSPS) is 17.1. The highest BCUT2D eigenvalue weighted by molar-refractivity contribution is 8.16. The van der Waals surface area contributed by atoms with Gasteiger partial charge >= 0.3 is 5.97 Å². The van der Waals surface area contributed by atoms with Gasteiger partial charge in [-0.3, -0.25) is 4.79 Å². The SMILES string of the molecule is CCOC(=O)C1=C(c2ccccc2)N=C2SC=C(CC(=O)NCCOC)N2[C@H]1c1ccccc1. The molecule has 1 N–H and O–H groups in total. The first kappa shape index (κ1) is 23.8. The molecular weight excluding hydrogens is 450 g/mol. The molecule has 2 aromatic carbocycles. The number of fused-ring (bicyclic) bond motifs is 1. The third-order valence-corrected chi connectivity index (χ3v) is 6.33. The van der Waals surface area contributed by atoms with Crippen LogP contribution in [0.3, 0.4) is 0 Å². The maximum atomic E-state index is 13.4. The van der Waals surface area contributed by atoms with Gasteiger partial charge < -0.3 is 19.7 Å². The lowest BCUT2D eigenvalue weighted by atomic mass is 9.91. The molecule has 34 heavy (non-hydrogen) atoms. The highest BCUT2D eigenvalue weighted by Crippen LogP contribution is 2.46. The van der Waals surface area contributed by atoms with Crippen molar-refractivity contribution in [3.05, 3.63) is 88.5 Å². The molecule has 1 amide bonds. The second kappa shape index (κ2) is 11.2. The van der Waals surface area contributed by atoms with E-state index in [9.17, 15) is 9.59 Å². The Labute approximate surface area is 203 Å². The van der Waals surface area contributed by atoms with Gasteiger partial charge in [-0.1, -0.05) is 72.4 Å². The van der Waals surface area contributed by atoms with Crippen LogP contribution in [0.2, 0.25) is 0 Å². The molecule has 2 aliphatic rings. The summed E-state index contributed by atoms with van der Waals surface area (Å²) in [6.45, 7) is 2.92. The molecule has 0 saturated heterocycles. The molecule has 0 aliphatic carbocycles. The Hall–Kier alpha value is -3.36. The Kier molecular flexibility index (Phi) is 7.82. The molecular formula is C26H27N3O4S. The number of amides is 1. The van der Waals surface area contributed by atoms with Gasteiger partial charge in [0, 0.05) is 24.9 Å². The van der Waals surface area contributed by atoms with Crippen molar-refractivity contribution < 1.29 is 19.1 Å². The molecule has 0 spiro atoms. The molecule has 0 unspecified atom stereocenters. The standard InChI is InChI=1S/C26H27N3O4S/c1-3-33-25(31)22-23(18-10-6-4-7-11-18)28-26-29(24(22)19-12-8-5-9-13-19)20(17-34-26)16-21(30)27-14-15-32-2/h4-13,17,24H,3,14-16H2,1-2H3,(H,27,30)/t24-/m0/s1. The second-order valence-corrected chi connectivity index (χ2v) is 8.51. The third kappa shape index (κ3) is 5.08. The van der Waals surface area contributed by atoms with Crippen molar-refractivity contribution in [1.29, 1.82) is 0 Å². The summed E-state index contributed by atoms with van der Waals surface area (Å²) in [5.41, 5.74) is 3.58. The Balaban J connectivity index is 1.79. The van der Waals surface area contributed by atoms with E-state index in [1.165, 1.54) is 11.8 Å². The number of carbonyl (C=O) groups excluding carboxylic acids is 2. The van der Waals surface area contributed by atoms with Crippen LogP contribution in [0.25, 0.3) is 5.70 Å². The van der Waals surface area contributed by atoms with Crippen molar-refractivity contribution in [2.24, 2.45) is 4.99 Å². The topological polar surface area (TPSA) is 80.2 Å². The number of esters is 1. The zero-order valence-electron chi connectivity index (χ0n) is 19.2. The smallest absolute Gasteiger partial charge is 0.338 e. The number of nitrogens with one attached hydrogen (secondary N) is 1. The molecule has 2 aromatic rings. The highest BCUT2D eigenvalue weighted by atomic mass is 32.2. The first-order chi connectivity index (χ1) is 16.6. The molecule has 8 heteroatoms. The molecule has 0 saturated carbocycles. The molecule has 0 radical (unpaired) electrons. The fourth-order valence-corrected chi connectivity index (χ4v) is 4.88. The van der Waals surface area contributed by atoms with Crippen molar-refractivity contribution in [3.8, 4) is 0 Å². The van der Waals surface area contributed by atoms with E-state index in [4.69, 9.17) is 14.5 Å². The number of methoxy groups -OCH3 is 1. The molecule has 2 aliphatic heterocycles. The lowest BCUT2D eigenvalue weighted by Gasteiger charge is -2.36. The number of ether oxygens (including phenoxy) is 2. The second-order valence-electron chi connectivity index (χ2n) is 7.67. The van der Waals surface area contributed by atoms with E-state index in [1.807, 2.05) is 71.0 Å². The molecule has 0 fully saturated rings. The lowest BCUT2D eigenvalue weighted by molar-refractivity contribution is -0.139. The third-order valence-electron chi connectivity index (χ3n) is 5.44. The van der Waals surface area contributed by atoms with Crippen LogP contribution in [0.5, 0.6) is 0 Å². The summed E-state index contributed by atoms with van der Waals surface area (Å²) in [6, 6.07) is 18.9. The Morgan fingerprint density at radius 3 is 2.47 bits per heavy atom. The number of nitrogens with zero attached hydrogens (tertiary/aromatic N) is 2. The number of hydrogen-bond acceptors (Lipinski definition) is 7. The molecule has 1 atom stereocenters. The van der Waals surface area contributed by atoms with Crippen molar-refractivity contribution >= 4 is 34.5 Å². The molecule has 0 aromatic heterocycles. The number of amidine groups is 1. The van der Waals surface area contributed by atoms with E-state index in [1.54, 1.807) is 14.0 Å². The van der Waals surface area contributed by atoms with Crippen LogP contribution >= 0.6 is 11.8 Å². The van der Waals surface area contributed by atoms with Crippen LogP contribution < -0.4 is 5.32 Å². The van der Waals surface area contributed by atoms with Gasteiger partial charge in [0.25, 0.3) is 0 Å². The van der Waals surface area contributed by atoms with Gasteiger partial charge in [0.15, 0.2) is 5.17 Å². The summed E-state index contributed by atoms with van der Waals surface area (Å²) < 4.78 is 10.5. The monoisotopic (exact) mass is 477 g/mol. The number of benzene rings is 2. The summed E-state index contributed by atoms with van der Waals surface area (Å²) in [4.78, 5) is 32.8. The van der Waals surface area contributed by atoms with Gasteiger partial charge in [-0.2, -0.15) is 0 Å². The molecule has 176 valence electrons. The van der Waals surface area contributed by atoms with Crippen LogP contribution in [-0.2, 0) is 19.1 Å². The van der Waals surface area contributed by atoms with Gasteiger partial charge in [-0.25, -0.2) is 9.79 Å². The molecule has 7 nitrogen and oxygen atoms in total. The quantitative estimate of drug-likeness (QED) is 0.432. The van der Waals surface area contributed by atoms with Crippen LogP contribution in [0.4, 0.5) is 0 Å². The van der Waals surface area contributed by atoms with Gasteiger partial charge in [0.2, 0.25) is 5.91 Å². The average molecular weight is 478 g/mol. The predicted octanol–water partition coefficient (Wildman–Crippen LogP) is 4.11. The van der Waals surface area contributed by atoms with Gasteiger partial charge in [0.05, 0.1) is 36.9 Å². The number of thioether (sulfide) groups is 1. The zero-order valence-corrected chi connectivity index (χ0v) is 20.0. The van der Waals surface area contributed by atoms with E-state index >= 15 is 0 Å². The van der Waals surface area contributed by atoms with Gasteiger partial charge in [-0.15, -0.1) is 0 Å². The highest BCUT2D eigenvalue weighted by Gasteiger charge is 2.42. The number of hydrogen-bond donors (Lipinski definition) is 1. The van der Waals surface area contributed by atoms with Crippen molar-refractivity contribution in [3.63, 3.8) is 0 Å². The molecule has 4 rings (SSSR count). The van der Waals surface area contributed by atoms with E-state index in [0.717, 1.165) is 22.0 Å². The number of aliphatic imine (C=N–C) groups is 1. The van der Waals surface area contributed by atoms with Crippen LogP contribution in [0, 0.1) is 0 Å². The largest absolute Gasteiger partial charge is 0.463 e. The van der Waals surface area contributed by atoms with Gasteiger partial charge in [0.1, 0.15) is 0 Å². The molecule has 0 bridgehead atoms. The van der Waals surface area contributed by atoms with Crippen molar-refractivity contribution in [1.82, 2.24) is 10.2 Å². The van der Waals surface area contributed by atoms with Crippen molar-refractivity contribution in [2.45, 2.75) is 19.4 Å². The maximum absolute atomic E-state index is 13.4. The van der Waals surface area contributed by atoms with Crippen LogP contribution in [0.15, 0.2) is 82.3 Å². The fraction of sp³-hybridized carbons (Fsp3) is 0.269. The first-order valence-electron chi connectivity index (χ1n) is 11.1. The minimum atomic E-state index is -0.476. The maximum Gasteiger partial charge on any atom is 0.338 e. The lowest BCUT2D eigenvalue weighted by Crippen LogP contribution is -2.38. The summed E-state index contributed by atoms with van der Waals surface area (Å²) in [7, 11) is 1.59. The van der Waals surface area contributed by atoms with Crippen molar-refractivity contribution in [2.75, 3.05) is 26.9 Å². The summed E-state index contributed by atoms with van der Waals surface area (Å²) in [5, 5.41) is 5.52. The minimum Gasteiger partial charge on any atom is -0.463 e. The Morgan fingerprint density at radius 1 is 1.09 bits per heavy atom. The van der Waals surface area contributed by atoms with E-state index in [-0.39, 0.29) is 18.9 Å². The number of rotatable bonds is 9. The minimum absolute atomic E-state index is 0.118. The summed E-state index contributed by atoms with van der Waals surface area (Å²) >= 11 is 1.45. The van der Waals surface area contributed by atoms with Crippen LogP contribution in [0.1, 0.15) is 30.5 Å². The fourth-order valence-electron chi connectivity index (χ4n) is 3.96. The first-order valence-corrected chi connectivity index (χ1v) is 12.0. The van der Waals surface area contributed by atoms with E-state index in [0.29, 0.717) is 24.4 Å². The Bertz CT molecular complexity index is 1130. The molecule has 2 heterocycles. The summed E-state index contributed by atoms with van der Waals surface area (Å²) in [6.07, 6.45) is 0.163. The summed E-state index contributed by atoms with van der Waals surface area (Å²) in [5.74, 6) is -0.536. The average Bonchev–Trinajstić information content (AvgIpc) is 3.26. The Morgan fingerprint density at radius 2 is 1.79 bits per heavy atom. The number of carbonyl (C=O) groups is 2. The van der Waals surface area contributed by atoms with E-state index < -0.39 is 12.0 Å². The van der Waals surface area contributed by atoms with E-state index in [2.05, 4.69) is 5.32 Å².